The molecule has 0 saturated heterocycles. The minimum absolute atomic E-state index is 0.00961. The van der Waals surface area contributed by atoms with Gasteiger partial charge in [0.25, 0.3) is 0 Å². The molecular formula is C61H117NO5. The Kier molecular flexibility index (Phi) is 55.5. The van der Waals surface area contributed by atoms with E-state index in [-0.39, 0.29) is 18.5 Å². The van der Waals surface area contributed by atoms with E-state index in [0.717, 1.165) is 51.4 Å². The molecule has 3 N–H and O–H groups in total. The maximum Gasteiger partial charge on any atom is 0.305 e. The number of carbonyl (C=O) groups excluding carboxylic acids is 2. The number of esters is 1. The highest BCUT2D eigenvalue weighted by molar-refractivity contribution is 5.76. The van der Waals surface area contributed by atoms with Crippen molar-refractivity contribution in [1.29, 1.82) is 0 Å². The SMILES string of the molecule is CCCCC/C=C\C/C=C\CCCCCCCCCCCC(=O)OCCCCCCCCCCCCCCCCCCCCCCCCC(=O)NC(CO)C(O)CCCCCCCCCCC. The van der Waals surface area contributed by atoms with Gasteiger partial charge in [0, 0.05) is 12.8 Å². The number of amides is 1. The molecule has 0 bridgehead atoms. The summed E-state index contributed by atoms with van der Waals surface area (Å²) in [6, 6.07) is -0.539. The molecule has 0 aliphatic rings. The zero-order valence-electron chi connectivity index (χ0n) is 45.1. The van der Waals surface area contributed by atoms with E-state index in [0.29, 0.717) is 25.9 Å². The van der Waals surface area contributed by atoms with Crippen molar-refractivity contribution < 1.29 is 24.5 Å². The average Bonchev–Trinajstić information content (AvgIpc) is 3.33. The molecule has 396 valence electrons. The van der Waals surface area contributed by atoms with Crippen molar-refractivity contribution in [2.45, 2.75) is 341 Å². The van der Waals surface area contributed by atoms with Gasteiger partial charge in [-0.3, -0.25) is 9.59 Å². The predicted molar refractivity (Wildman–Crippen MR) is 292 cm³/mol. The van der Waals surface area contributed by atoms with Crippen LogP contribution in [0.15, 0.2) is 24.3 Å². The highest BCUT2D eigenvalue weighted by Gasteiger charge is 2.20. The normalized spacial score (nSPS) is 12.7. The number of hydrogen-bond donors (Lipinski definition) is 3. The summed E-state index contributed by atoms with van der Waals surface area (Å²) in [5.74, 6) is -0.0272. The number of unbranched alkanes of at least 4 members (excludes halogenated alkanes) is 41. The van der Waals surface area contributed by atoms with Crippen LogP contribution in [0.5, 0.6) is 0 Å². The Morgan fingerprint density at radius 2 is 0.746 bits per heavy atom. The van der Waals surface area contributed by atoms with E-state index in [1.54, 1.807) is 0 Å². The molecule has 0 aliphatic heterocycles. The van der Waals surface area contributed by atoms with Crippen molar-refractivity contribution in [1.82, 2.24) is 5.32 Å². The number of nitrogens with one attached hydrogen (secondary N) is 1. The first kappa shape index (κ1) is 65.3. The smallest absolute Gasteiger partial charge is 0.305 e. The van der Waals surface area contributed by atoms with Crippen LogP contribution in [-0.2, 0) is 14.3 Å². The van der Waals surface area contributed by atoms with Crippen LogP contribution < -0.4 is 5.32 Å². The third-order valence-corrected chi connectivity index (χ3v) is 14.0. The number of aliphatic hydroxyl groups excluding tert-OH is 2. The van der Waals surface area contributed by atoms with Crippen molar-refractivity contribution >= 4 is 11.9 Å². The van der Waals surface area contributed by atoms with Gasteiger partial charge in [-0.1, -0.05) is 282 Å². The molecule has 6 nitrogen and oxygen atoms in total. The zero-order chi connectivity index (χ0) is 48.6. The minimum atomic E-state index is -0.662. The standard InChI is InChI=1S/C61H117NO5/c1-3-5-7-9-11-13-14-15-16-17-22-26-29-32-35-39-43-47-51-55-61(66)67-56-52-48-44-40-36-33-30-27-24-21-19-18-20-23-25-28-31-34-38-42-46-50-54-60(65)62-58(57-63)59(64)53-49-45-41-37-12-10-8-6-4-2/h11,13,15-16,58-59,63-64H,3-10,12,14,17-57H2,1-2H3,(H,62,65)/b13-11-,16-15-. The highest BCUT2D eigenvalue weighted by Crippen LogP contribution is 2.18. The van der Waals surface area contributed by atoms with Gasteiger partial charge in [0.1, 0.15) is 0 Å². The second-order valence-corrected chi connectivity index (χ2v) is 20.7. The van der Waals surface area contributed by atoms with E-state index in [1.165, 1.54) is 244 Å². The molecule has 0 fully saturated rings. The number of ether oxygens (including phenoxy) is 1. The lowest BCUT2D eigenvalue weighted by Crippen LogP contribution is -2.45. The fourth-order valence-corrected chi connectivity index (χ4v) is 9.38. The number of rotatable bonds is 56. The van der Waals surface area contributed by atoms with Crippen LogP contribution in [0.4, 0.5) is 0 Å². The Hall–Kier alpha value is -1.66. The van der Waals surface area contributed by atoms with Crippen LogP contribution in [-0.4, -0.2) is 47.4 Å². The van der Waals surface area contributed by atoms with Crippen molar-refractivity contribution in [2.75, 3.05) is 13.2 Å². The minimum Gasteiger partial charge on any atom is -0.466 e. The quantitative estimate of drug-likeness (QED) is 0.0321. The van der Waals surface area contributed by atoms with Gasteiger partial charge >= 0.3 is 5.97 Å². The van der Waals surface area contributed by atoms with Crippen LogP contribution in [0, 0.1) is 0 Å². The van der Waals surface area contributed by atoms with Crippen molar-refractivity contribution in [3.8, 4) is 0 Å². The molecule has 1 amide bonds. The monoisotopic (exact) mass is 944 g/mol. The lowest BCUT2D eigenvalue weighted by atomic mass is 10.0. The van der Waals surface area contributed by atoms with Crippen LogP contribution in [0.2, 0.25) is 0 Å². The molecule has 0 spiro atoms. The summed E-state index contributed by atoms with van der Waals surface area (Å²) in [5, 5.41) is 23.1. The lowest BCUT2D eigenvalue weighted by Gasteiger charge is -2.22. The molecule has 0 aromatic heterocycles. The third kappa shape index (κ3) is 53.5. The number of carbonyl (C=O) groups is 2. The maximum atomic E-state index is 12.4. The van der Waals surface area contributed by atoms with Gasteiger partial charge in [-0.25, -0.2) is 0 Å². The van der Waals surface area contributed by atoms with Crippen molar-refractivity contribution in [3.63, 3.8) is 0 Å². The molecule has 0 radical (unpaired) electrons. The largest absolute Gasteiger partial charge is 0.466 e. The maximum absolute atomic E-state index is 12.4. The van der Waals surface area contributed by atoms with Crippen LogP contribution in [0.25, 0.3) is 0 Å². The van der Waals surface area contributed by atoms with E-state index in [9.17, 15) is 19.8 Å². The summed E-state index contributed by atoms with van der Waals surface area (Å²) >= 11 is 0. The number of allylic oxidation sites excluding steroid dienone is 4. The van der Waals surface area contributed by atoms with E-state index >= 15 is 0 Å². The summed E-state index contributed by atoms with van der Waals surface area (Å²) in [7, 11) is 0. The molecule has 0 rings (SSSR count). The molecule has 2 unspecified atom stereocenters. The Balaban J connectivity index is 3.33. The summed E-state index contributed by atoms with van der Waals surface area (Å²) < 4.78 is 5.50. The second kappa shape index (κ2) is 56.9. The first-order valence-electron chi connectivity index (χ1n) is 30.1. The molecule has 2 atom stereocenters. The predicted octanol–water partition coefficient (Wildman–Crippen LogP) is 18.6. The van der Waals surface area contributed by atoms with Crippen LogP contribution >= 0.6 is 0 Å². The molecule has 67 heavy (non-hydrogen) atoms. The fraction of sp³-hybridized carbons (Fsp3) is 0.902. The summed E-state index contributed by atoms with van der Waals surface area (Å²) in [5.41, 5.74) is 0. The van der Waals surface area contributed by atoms with Crippen LogP contribution in [0.1, 0.15) is 328 Å². The van der Waals surface area contributed by atoms with Gasteiger partial charge in [0.2, 0.25) is 5.91 Å². The van der Waals surface area contributed by atoms with Gasteiger partial charge in [0.05, 0.1) is 25.4 Å². The first-order chi connectivity index (χ1) is 33.0. The molecular weight excluding hydrogens is 827 g/mol. The number of aliphatic hydroxyl groups is 2. The van der Waals surface area contributed by atoms with E-state index < -0.39 is 12.1 Å². The van der Waals surface area contributed by atoms with Crippen molar-refractivity contribution in [3.05, 3.63) is 24.3 Å². The third-order valence-electron chi connectivity index (χ3n) is 14.0. The van der Waals surface area contributed by atoms with Gasteiger partial charge < -0.3 is 20.3 Å². The fourth-order valence-electron chi connectivity index (χ4n) is 9.38. The van der Waals surface area contributed by atoms with Gasteiger partial charge in [-0.15, -0.1) is 0 Å². The highest BCUT2D eigenvalue weighted by atomic mass is 16.5. The molecule has 0 aliphatic carbocycles. The van der Waals surface area contributed by atoms with E-state index in [2.05, 4.69) is 43.5 Å². The summed E-state index contributed by atoms with van der Waals surface area (Å²) in [6.45, 7) is 4.92. The zero-order valence-corrected chi connectivity index (χ0v) is 45.1. The molecule has 0 aromatic rings. The summed E-state index contributed by atoms with van der Waals surface area (Å²) in [4.78, 5) is 24.5. The topological polar surface area (TPSA) is 95.9 Å². The van der Waals surface area contributed by atoms with Gasteiger partial charge in [0.15, 0.2) is 0 Å². The van der Waals surface area contributed by atoms with Gasteiger partial charge in [-0.05, 0) is 57.8 Å². The Bertz CT molecular complexity index is 1040. The van der Waals surface area contributed by atoms with E-state index in [1.807, 2.05) is 0 Å². The van der Waals surface area contributed by atoms with Gasteiger partial charge in [-0.2, -0.15) is 0 Å². The van der Waals surface area contributed by atoms with Crippen LogP contribution in [0.3, 0.4) is 0 Å². The molecule has 0 aromatic carbocycles. The molecule has 0 saturated carbocycles. The first-order valence-corrected chi connectivity index (χ1v) is 30.1. The Morgan fingerprint density at radius 1 is 0.418 bits per heavy atom. The summed E-state index contributed by atoms with van der Waals surface area (Å²) in [6.07, 6.45) is 69.0. The lowest BCUT2D eigenvalue weighted by molar-refractivity contribution is -0.143. The van der Waals surface area contributed by atoms with E-state index in [4.69, 9.17) is 4.74 Å². The molecule has 0 heterocycles. The molecule has 6 heteroatoms. The Morgan fingerprint density at radius 3 is 1.16 bits per heavy atom. The van der Waals surface area contributed by atoms with Crippen molar-refractivity contribution in [2.24, 2.45) is 0 Å². The number of hydrogen-bond acceptors (Lipinski definition) is 5. The second-order valence-electron chi connectivity index (χ2n) is 20.7. The average molecular weight is 945 g/mol. The Labute approximate surface area is 418 Å².